The first kappa shape index (κ1) is 18.4. The summed E-state index contributed by atoms with van der Waals surface area (Å²) in [4.78, 5) is 25.9. The first-order valence-electron chi connectivity index (χ1n) is 8.36. The Balaban J connectivity index is 1.41. The number of hydrogen-bond acceptors (Lipinski definition) is 3. The quantitative estimate of drug-likeness (QED) is 0.783. The Hall–Kier alpha value is -2.35. The summed E-state index contributed by atoms with van der Waals surface area (Å²) >= 11 is 3.17. The van der Waals surface area contributed by atoms with Gasteiger partial charge in [0.05, 0.1) is 0 Å². The summed E-state index contributed by atoms with van der Waals surface area (Å²) in [6.07, 6.45) is 1.61. The number of hydrogen-bond donors (Lipinski definition) is 2. The molecule has 26 heavy (non-hydrogen) atoms. The van der Waals surface area contributed by atoms with E-state index in [2.05, 4.69) is 26.6 Å². The highest BCUT2D eigenvalue weighted by Crippen LogP contribution is 2.19. The summed E-state index contributed by atoms with van der Waals surface area (Å²) in [7, 11) is 0. The van der Waals surface area contributed by atoms with Crippen molar-refractivity contribution in [3.05, 3.63) is 52.6 Å². The number of nitrogens with one attached hydrogen (secondary N) is 2. The third-order valence-electron chi connectivity index (χ3n) is 4.35. The number of piperidine rings is 1. The highest BCUT2D eigenvalue weighted by molar-refractivity contribution is 9.10. The van der Waals surface area contributed by atoms with E-state index in [1.165, 1.54) is 24.3 Å². The minimum Gasteiger partial charge on any atom is -0.444 e. The van der Waals surface area contributed by atoms with Crippen LogP contribution in [0.5, 0.6) is 0 Å². The maximum absolute atomic E-state index is 12.9. The third-order valence-corrected chi connectivity index (χ3v) is 4.77. The van der Waals surface area contributed by atoms with Crippen LogP contribution in [0.15, 0.2) is 45.5 Å². The fourth-order valence-electron chi connectivity index (χ4n) is 2.84. The molecule has 0 radical (unpaired) electrons. The summed E-state index contributed by atoms with van der Waals surface area (Å²) in [5.74, 6) is 0.000148. The lowest BCUT2D eigenvalue weighted by Crippen LogP contribution is -2.43. The molecule has 1 aromatic carbocycles. The van der Waals surface area contributed by atoms with Gasteiger partial charge < -0.3 is 20.0 Å². The van der Waals surface area contributed by atoms with Gasteiger partial charge in [-0.3, -0.25) is 4.79 Å². The highest BCUT2D eigenvalue weighted by atomic mass is 79.9. The van der Waals surface area contributed by atoms with E-state index in [-0.39, 0.29) is 23.5 Å². The first-order chi connectivity index (χ1) is 12.5. The SMILES string of the molecule is O=C(NCC1CCN(C(=O)Nc2ccc(F)cc2)CC1)c1ccc(Br)o1. The van der Waals surface area contributed by atoms with Crippen molar-refractivity contribution in [2.75, 3.05) is 25.0 Å². The fraction of sp³-hybridized carbons (Fsp3) is 0.333. The predicted molar refractivity (Wildman–Crippen MR) is 98.5 cm³/mol. The molecule has 0 bridgehead atoms. The van der Waals surface area contributed by atoms with Crippen LogP contribution in [0.1, 0.15) is 23.4 Å². The number of halogens is 2. The van der Waals surface area contributed by atoms with Crippen molar-refractivity contribution in [3.8, 4) is 0 Å². The second kappa shape index (κ2) is 8.35. The highest BCUT2D eigenvalue weighted by Gasteiger charge is 2.23. The predicted octanol–water partition coefficient (Wildman–Crippen LogP) is 3.86. The van der Waals surface area contributed by atoms with Gasteiger partial charge in [0.2, 0.25) is 0 Å². The van der Waals surface area contributed by atoms with Gasteiger partial charge in [0, 0.05) is 25.3 Å². The number of nitrogens with zero attached hydrogens (tertiary/aromatic N) is 1. The summed E-state index contributed by atoms with van der Waals surface area (Å²) in [6.45, 7) is 1.77. The average Bonchev–Trinajstić information content (AvgIpc) is 3.08. The molecule has 1 aliphatic rings. The molecule has 0 atom stereocenters. The van der Waals surface area contributed by atoms with Crippen LogP contribution >= 0.6 is 15.9 Å². The van der Waals surface area contributed by atoms with Crippen molar-refractivity contribution in [1.82, 2.24) is 10.2 Å². The van der Waals surface area contributed by atoms with E-state index in [1.807, 2.05) is 0 Å². The van der Waals surface area contributed by atoms with Gasteiger partial charge in [0.1, 0.15) is 5.82 Å². The number of carbonyl (C=O) groups is 2. The molecule has 1 saturated heterocycles. The molecule has 3 amide bonds. The number of carbonyl (C=O) groups excluding carboxylic acids is 2. The maximum atomic E-state index is 12.9. The van der Waals surface area contributed by atoms with E-state index in [1.54, 1.807) is 17.0 Å². The number of amides is 3. The van der Waals surface area contributed by atoms with Crippen LogP contribution in [-0.4, -0.2) is 36.5 Å². The van der Waals surface area contributed by atoms with Gasteiger partial charge in [-0.1, -0.05) is 0 Å². The Morgan fingerprint density at radius 1 is 1.15 bits per heavy atom. The van der Waals surface area contributed by atoms with Gasteiger partial charge in [-0.25, -0.2) is 9.18 Å². The molecule has 1 aliphatic heterocycles. The van der Waals surface area contributed by atoms with E-state index >= 15 is 0 Å². The second-order valence-electron chi connectivity index (χ2n) is 6.18. The lowest BCUT2D eigenvalue weighted by Gasteiger charge is -2.32. The number of urea groups is 1. The molecule has 8 heteroatoms. The molecule has 2 aromatic rings. The van der Waals surface area contributed by atoms with E-state index in [0.29, 0.717) is 35.9 Å². The lowest BCUT2D eigenvalue weighted by atomic mass is 9.97. The summed E-state index contributed by atoms with van der Waals surface area (Å²) in [5.41, 5.74) is 0.565. The van der Waals surface area contributed by atoms with Crippen LogP contribution in [0.4, 0.5) is 14.9 Å². The molecule has 0 unspecified atom stereocenters. The van der Waals surface area contributed by atoms with Crippen LogP contribution in [0.2, 0.25) is 0 Å². The minimum atomic E-state index is -0.340. The van der Waals surface area contributed by atoms with Crippen LogP contribution in [0.3, 0.4) is 0 Å². The van der Waals surface area contributed by atoms with Gasteiger partial charge in [0.15, 0.2) is 10.4 Å². The van der Waals surface area contributed by atoms with Crippen molar-refractivity contribution >= 4 is 33.6 Å². The van der Waals surface area contributed by atoms with Crippen molar-refractivity contribution in [2.24, 2.45) is 5.92 Å². The van der Waals surface area contributed by atoms with Gasteiger partial charge >= 0.3 is 6.03 Å². The van der Waals surface area contributed by atoms with Crippen LogP contribution in [0.25, 0.3) is 0 Å². The van der Waals surface area contributed by atoms with Crippen molar-refractivity contribution in [1.29, 1.82) is 0 Å². The van der Waals surface area contributed by atoms with Gasteiger partial charge in [0.25, 0.3) is 5.91 Å². The van der Waals surface area contributed by atoms with Crippen molar-refractivity contribution in [3.63, 3.8) is 0 Å². The van der Waals surface area contributed by atoms with E-state index < -0.39 is 0 Å². The Bertz CT molecular complexity index is 770. The molecule has 1 fully saturated rings. The Labute approximate surface area is 158 Å². The Morgan fingerprint density at radius 2 is 1.85 bits per heavy atom. The number of anilines is 1. The average molecular weight is 424 g/mol. The molecule has 2 N–H and O–H groups in total. The normalized spacial score (nSPS) is 14.9. The zero-order valence-electron chi connectivity index (χ0n) is 14.0. The summed E-state index contributed by atoms with van der Waals surface area (Å²) < 4.78 is 18.6. The third kappa shape index (κ3) is 4.85. The Morgan fingerprint density at radius 3 is 2.46 bits per heavy atom. The summed E-state index contributed by atoms with van der Waals surface area (Å²) in [6, 6.07) is 8.77. The zero-order chi connectivity index (χ0) is 18.5. The number of likely N-dealkylation sites (tertiary alicyclic amines) is 1. The lowest BCUT2D eigenvalue weighted by molar-refractivity contribution is 0.0910. The van der Waals surface area contributed by atoms with Crippen molar-refractivity contribution in [2.45, 2.75) is 12.8 Å². The molecular weight excluding hydrogens is 405 g/mol. The first-order valence-corrected chi connectivity index (χ1v) is 9.15. The fourth-order valence-corrected chi connectivity index (χ4v) is 3.14. The van der Waals surface area contributed by atoms with Gasteiger partial charge in [-0.15, -0.1) is 0 Å². The smallest absolute Gasteiger partial charge is 0.321 e. The molecule has 3 rings (SSSR count). The van der Waals surface area contributed by atoms with E-state index in [0.717, 1.165) is 12.8 Å². The molecular formula is C18H19BrFN3O3. The molecule has 1 aromatic heterocycles. The molecule has 0 aliphatic carbocycles. The van der Waals surface area contributed by atoms with Gasteiger partial charge in [-0.05, 0) is 71.1 Å². The minimum absolute atomic E-state index is 0.195. The summed E-state index contributed by atoms with van der Waals surface area (Å²) in [5, 5.41) is 5.62. The van der Waals surface area contributed by atoms with Crippen molar-refractivity contribution < 1.29 is 18.4 Å². The Kier molecular flexibility index (Phi) is 5.92. The molecule has 6 nitrogen and oxygen atoms in total. The van der Waals surface area contributed by atoms with Crippen LogP contribution in [-0.2, 0) is 0 Å². The second-order valence-corrected chi connectivity index (χ2v) is 6.96. The molecule has 2 heterocycles. The van der Waals surface area contributed by atoms with Gasteiger partial charge in [-0.2, -0.15) is 0 Å². The van der Waals surface area contributed by atoms with Crippen LogP contribution < -0.4 is 10.6 Å². The van der Waals surface area contributed by atoms with Crippen LogP contribution in [0, 0.1) is 11.7 Å². The molecule has 0 saturated carbocycles. The van der Waals surface area contributed by atoms with E-state index in [4.69, 9.17) is 4.42 Å². The number of benzene rings is 1. The monoisotopic (exact) mass is 423 g/mol. The number of furan rings is 1. The maximum Gasteiger partial charge on any atom is 0.321 e. The zero-order valence-corrected chi connectivity index (χ0v) is 15.6. The largest absolute Gasteiger partial charge is 0.444 e. The van der Waals surface area contributed by atoms with E-state index in [9.17, 15) is 14.0 Å². The molecule has 0 spiro atoms. The number of rotatable bonds is 4. The standard InChI is InChI=1S/C18H19BrFN3O3/c19-16-6-5-15(26-16)17(24)21-11-12-7-9-23(10-8-12)18(25)22-14-3-1-13(20)2-4-14/h1-6,12H,7-11H2,(H,21,24)(H,22,25). The topological polar surface area (TPSA) is 74.6 Å². The molecule has 138 valence electrons.